The Morgan fingerprint density at radius 3 is 2.87 bits per heavy atom. The Kier molecular flexibility index (Phi) is 4.83. The second-order valence-corrected chi connectivity index (χ2v) is 4.44. The highest BCUT2D eigenvalue weighted by Crippen LogP contribution is 2.31. The molecule has 0 saturated carbocycles. The molecule has 0 fully saturated rings. The number of nitrogens with one attached hydrogen (secondary N) is 1. The highest BCUT2D eigenvalue weighted by Gasteiger charge is 2.10. The fraction of sp³-hybridized carbons (Fsp3) is 0.400. The van der Waals surface area contributed by atoms with Crippen LogP contribution in [0.25, 0.3) is 0 Å². The summed E-state index contributed by atoms with van der Waals surface area (Å²) in [7, 11) is 1.83. The maximum Gasteiger partial charge on any atom is 0.145 e. The van der Waals surface area contributed by atoms with Crippen LogP contribution in [0.1, 0.15) is 6.92 Å². The molecule has 0 spiro atoms. The van der Waals surface area contributed by atoms with Crippen LogP contribution in [0.2, 0.25) is 5.02 Å². The predicted octanol–water partition coefficient (Wildman–Crippen LogP) is 3.23. The minimum atomic E-state index is -0.480. The maximum absolute atomic E-state index is 13.1. The summed E-state index contributed by atoms with van der Waals surface area (Å²) in [6, 6.07) is 2.76. The Balaban J connectivity index is 2.81. The van der Waals surface area contributed by atoms with E-state index in [1.165, 1.54) is 12.1 Å². The van der Waals surface area contributed by atoms with Crippen molar-refractivity contribution in [2.45, 2.75) is 13.0 Å². The molecule has 0 radical (unpaired) electrons. The third-order valence-electron chi connectivity index (χ3n) is 1.79. The summed E-state index contributed by atoms with van der Waals surface area (Å²) >= 11 is 8.88. The molecule has 0 amide bonds. The van der Waals surface area contributed by atoms with Crippen molar-refractivity contribution in [2.24, 2.45) is 0 Å². The number of hydrogen-bond donors (Lipinski definition) is 1. The van der Waals surface area contributed by atoms with E-state index in [0.29, 0.717) is 16.8 Å². The Labute approximate surface area is 102 Å². The van der Waals surface area contributed by atoms with E-state index in [1.807, 2.05) is 14.0 Å². The van der Waals surface area contributed by atoms with Crippen LogP contribution in [0.15, 0.2) is 16.6 Å². The highest BCUT2D eigenvalue weighted by atomic mass is 79.9. The van der Waals surface area contributed by atoms with Gasteiger partial charge in [-0.25, -0.2) is 4.39 Å². The van der Waals surface area contributed by atoms with E-state index in [9.17, 15) is 4.39 Å². The third kappa shape index (κ3) is 3.63. The van der Waals surface area contributed by atoms with Crippen molar-refractivity contribution >= 4 is 27.5 Å². The lowest BCUT2D eigenvalue weighted by Crippen LogP contribution is -2.26. The van der Waals surface area contributed by atoms with Gasteiger partial charge in [-0.1, -0.05) is 11.6 Å². The average Bonchev–Trinajstić information content (AvgIpc) is 2.14. The van der Waals surface area contributed by atoms with Crippen molar-refractivity contribution in [3.05, 3.63) is 27.4 Å². The van der Waals surface area contributed by atoms with Gasteiger partial charge in [0.15, 0.2) is 0 Å². The van der Waals surface area contributed by atoms with Gasteiger partial charge in [0.2, 0.25) is 0 Å². The first kappa shape index (κ1) is 12.7. The highest BCUT2D eigenvalue weighted by molar-refractivity contribution is 9.10. The summed E-state index contributed by atoms with van der Waals surface area (Å²) in [6.07, 6.45) is -0.0353. The van der Waals surface area contributed by atoms with Gasteiger partial charge in [0, 0.05) is 12.6 Å². The van der Waals surface area contributed by atoms with Crippen molar-refractivity contribution in [1.82, 2.24) is 5.32 Å². The van der Waals surface area contributed by atoms with E-state index in [2.05, 4.69) is 21.2 Å². The third-order valence-corrected chi connectivity index (χ3v) is 2.70. The molecule has 0 heterocycles. The number of rotatable bonds is 4. The predicted molar refractivity (Wildman–Crippen MR) is 63.1 cm³/mol. The maximum atomic E-state index is 13.1. The largest absolute Gasteiger partial charge is 0.488 e. The molecule has 0 saturated heterocycles. The number of hydrogen-bond acceptors (Lipinski definition) is 2. The van der Waals surface area contributed by atoms with Gasteiger partial charge in [-0.05, 0) is 36.0 Å². The number of likely N-dealkylation sites (N-methyl/N-ethyl adjacent to an activating group) is 1. The summed E-state index contributed by atoms with van der Waals surface area (Å²) in [5, 5.41) is 3.05. The molecule has 1 aromatic carbocycles. The summed E-state index contributed by atoms with van der Waals surface area (Å²) in [4.78, 5) is 0. The van der Waals surface area contributed by atoms with Crippen molar-refractivity contribution in [3.63, 3.8) is 0 Å². The summed E-state index contributed by atoms with van der Waals surface area (Å²) < 4.78 is 19.3. The van der Waals surface area contributed by atoms with Crippen LogP contribution in [0.4, 0.5) is 4.39 Å². The quantitative estimate of drug-likeness (QED) is 0.861. The molecule has 84 valence electrons. The second-order valence-electron chi connectivity index (χ2n) is 3.18. The Bertz CT molecular complexity index is 348. The smallest absolute Gasteiger partial charge is 0.145 e. The minimum absolute atomic E-state index is 0.0353. The topological polar surface area (TPSA) is 21.3 Å². The molecular weight excluding hydrogens is 284 g/mol. The molecule has 1 atom stereocenters. The van der Waals surface area contributed by atoms with Gasteiger partial charge in [-0.3, -0.25) is 0 Å². The van der Waals surface area contributed by atoms with Crippen molar-refractivity contribution in [2.75, 3.05) is 13.6 Å². The molecule has 0 aromatic heterocycles. The molecule has 1 aromatic rings. The molecule has 1 rings (SSSR count). The minimum Gasteiger partial charge on any atom is -0.488 e. The van der Waals surface area contributed by atoms with Crippen LogP contribution in [-0.2, 0) is 0 Å². The fourth-order valence-corrected chi connectivity index (χ4v) is 1.87. The van der Waals surface area contributed by atoms with Crippen LogP contribution in [0, 0.1) is 5.82 Å². The van der Waals surface area contributed by atoms with Gasteiger partial charge in [0.1, 0.15) is 17.7 Å². The molecule has 0 bridgehead atoms. The average molecular weight is 297 g/mol. The van der Waals surface area contributed by atoms with E-state index in [4.69, 9.17) is 16.3 Å². The van der Waals surface area contributed by atoms with E-state index >= 15 is 0 Å². The van der Waals surface area contributed by atoms with Gasteiger partial charge >= 0.3 is 0 Å². The molecule has 2 nitrogen and oxygen atoms in total. The first-order chi connectivity index (χ1) is 7.04. The number of benzene rings is 1. The molecule has 1 N–H and O–H groups in total. The Morgan fingerprint density at radius 1 is 1.60 bits per heavy atom. The first-order valence-electron chi connectivity index (χ1n) is 4.50. The van der Waals surface area contributed by atoms with E-state index in [1.54, 1.807) is 0 Å². The molecule has 5 heteroatoms. The van der Waals surface area contributed by atoms with Crippen molar-refractivity contribution in [1.29, 1.82) is 0 Å². The number of ether oxygens (including phenoxy) is 1. The van der Waals surface area contributed by atoms with Crippen LogP contribution in [0.3, 0.4) is 0 Å². The van der Waals surface area contributed by atoms with Crippen LogP contribution in [0.5, 0.6) is 5.75 Å². The van der Waals surface area contributed by atoms with Gasteiger partial charge in [-0.15, -0.1) is 0 Å². The number of halogens is 3. The fourth-order valence-electron chi connectivity index (χ4n) is 1.14. The Hall–Kier alpha value is -0.320. The molecule has 0 aliphatic rings. The van der Waals surface area contributed by atoms with E-state index in [-0.39, 0.29) is 11.1 Å². The van der Waals surface area contributed by atoms with Gasteiger partial charge in [0.05, 0.1) is 9.50 Å². The lowest BCUT2D eigenvalue weighted by Gasteiger charge is -2.15. The molecule has 15 heavy (non-hydrogen) atoms. The molecule has 0 aliphatic carbocycles. The van der Waals surface area contributed by atoms with E-state index < -0.39 is 5.82 Å². The summed E-state index contributed by atoms with van der Waals surface area (Å²) in [5.41, 5.74) is 0. The summed E-state index contributed by atoms with van der Waals surface area (Å²) in [5.74, 6) is -0.0221. The Morgan fingerprint density at radius 2 is 2.27 bits per heavy atom. The molecule has 0 aliphatic heterocycles. The zero-order valence-corrected chi connectivity index (χ0v) is 10.8. The molecule has 1 unspecified atom stereocenters. The van der Waals surface area contributed by atoms with Gasteiger partial charge in [-0.2, -0.15) is 0 Å². The van der Waals surface area contributed by atoms with Crippen LogP contribution in [-0.4, -0.2) is 19.7 Å². The lowest BCUT2D eigenvalue weighted by atomic mass is 10.3. The SMILES string of the molecule is CNCC(C)Oc1cc(F)c(Cl)cc1Br. The normalized spacial score (nSPS) is 12.6. The monoisotopic (exact) mass is 295 g/mol. The van der Waals surface area contributed by atoms with Crippen molar-refractivity contribution < 1.29 is 9.13 Å². The second kappa shape index (κ2) is 5.68. The first-order valence-corrected chi connectivity index (χ1v) is 5.67. The van der Waals surface area contributed by atoms with Crippen molar-refractivity contribution in [3.8, 4) is 5.75 Å². The molecular formula is C10H12BrClFNO. The van der Waals surface area contributed by atoms with Crippen LogP contribution < -0.4 is 10.1 Å². The lowest BCUT2D eigenvalue weighted by molar-refractivity contribution is 0.218. The zero-order valence-electron chi connectivity index (χ0n) is 8.48. The zero-order chi connectivity index (χ0) is 11.4. The van der Waals surface area contributed by atoms with E-state index in [0.717, 1.165) is 0 Å². The van der Waals surface area contributed by atoms with Gasteiger partial charge in [0.25, 0.3) is 0 Å². The van der Waals surface area contributed by atoms with Gasteiger partial charge < -0.3 is 10.1 Å². The summed E-state index contributed by atoms with van der Waals surface area (Å²) in [6.45, 7) is 2.59. The standard InChI is InChI=1S/C10H12BrClFNO/c1-6(5-14-2)15-10-4-9(13)8(12)3-7(10)11/h3-4,6,14H,5H2,1-2H3. The van der Waals surface area contributed by atoms with Crippen LogP contribution >= 0.6 is 27.5 Å².